The highest BCUT2D eigenvalue weighted by molar-refractivity contribution is 5.71. The number of carbonyl (C=O) groups is 3. The van der Waals surface area contributed by atoms with Crippen molar-refractivity contribution in [2.75, 3.05) is 13.2 Å². The molecule has 1 unspecified atom stereocenters. The fourth-order valence-corrected chi connectivity index (χ4v) is 6.52. The van der Waals surface area contributed by atoms with Gasteiger partial charge in [0.05, 0.1) is 0 Å². The van der Waals surface area contributed by atoms with Crippen LogP contribution in [-0.2, 0) is 28.6 Å². The molecule has 1 atom stereocenters. The predicted molar refractivity (Wildman–Crippen MR) is 274 cm³/mol. The summed E-state index contributed by atoms with van der Waals surface area (Å²) in [5.74, 6) is -1.04. The van der Waals surface area contributed by atoms with Gasteiger partial charge in [0.2, 0.25) is 0 Å². The highest BCUT2D eigenvalue weighted by Gasteiger charge is 2.19. The van der Waals surface area contributed by atoms with Crippen LogP contribution in [0.4, 0.5) is 0 Å². The molecule has 0 aromatic carbocycles. The van der Waals surface area contributed by atoms with Crippen LogP contribution in [0.3, 0.4) is 0 Å². The average Bonchev–Trinajstić information content (AvgIpc) is 3.29. The second-order valence-corrected chi connectivity index (χ2v) is 16.5. The van der Waals surface area contributed by atoms with Crippen LogP contribution in [0.2, 0.25) is 0 Å². The minimum atomic E-state index is -0.826. The van der Waals surface area contributed by atoms with Gasteiger partial charge in [-0.1, -0.05) is 226 Å². The molecule has 6 heteroatoms. The molecule has 0 aromatic heterocycles. The van der Waals surface area contributed by atoms with Crippen molar-refractivity contribution in [1.29, 1.82) is 0 Å². The van der Waals surface area contributed by atoms with Gasteiger partial charge in [0, 0.05) is 19.3 Å². The van der Waals surface area contributed by atoms with E-state index in [1.54, 1.807) is 0 Å². The minimum absolute atomic E-state index is 0.121. The van der Waals surface area contributed by atoms with Crippen molar-refractivity contribution in [3.63, 3.8) is 0 Å². The summed E-state index contributed by atoms with van der Waals surface area (Å²) in [7, 11) is 0. The maximum absolute atomic E-state index is 12.8. The van der Waals surface area contributed by atoms with Crippen molar-refractivity contribution in [2.45, 2.75) is 213 Å². The Kier molecular flexibility index (Phi) is 48.1. The van der Waals surface area contributed by atoms with Crippen LogP contribution in [0.25, 0.3) is 0 Å². The first-order valence-electron chi connectivity index (χ1n) is 25.6. The summed E-state index contributed by atoms with van der Waals surface area (Å²) in [6.07, 6.45) is 70.4. The molecule has 0 rings (SSSR count). The van der Waals surface area contributed by atoms with Gasteiger partial charge in [0.1, 0.15) is 13.2 Å². The molecule has 0 saturated heterocycles. The Balaban J connectivity index is 4.56. The zero-order chi connectivity index (χ0) is 46.5. The Morgan fingerprint density at radius 1 is 0.344 bits per heavy atom. The van der Waals surface area contributed by atoms with Gasteiger partial charge in [-0.2, -0.15) is 0 Å². The molecule has 0 radical (unpaired) electrons. The Morgan fingerprint density at radius 3 is 1.20 bits per heavy atom. The van der Waals surface area contributed by atoms with E-state index in [9.17, 15) is 14.4 Å². The van der Waals surface area contributed by atoms with E-state index >= 15 is 0 Å². The fraction of sp³-hybridized carbons (Fsp3) is 0.603. The molecule has 0 aliphatic rings. The first-order chi connectivity index (χ1) is 31.5. The molecule has 0 N–H and O–H groups in total. The number of hydrogen-bond donors (Lipinski definition) is 0. The summed E-state index contributed by atoms with van der Waals surface area (Å²) in [5.41, 5.74) is 0. The molecule has 0 aliphatic carbocycles. The molecule has 0 aliphatic heterocycles. The fourth-order valence-electron chi connectivity index (χ4n) is 6.52. The molecule has 0 aromatic rings. The van der Waals surface area contributed by atoms with E-state index in [-0.39, 0.29) is 44.0 Å². The number of ether oxygens (including phenoxy) is 3. The van der Waals surface area contributed by atoms with Gasteiger partial charge in [0.15, 0.2) is 6.10 Å². The Labute approximate surface area is 392 Å². The largest absolute Gasteiger partial charge is 0.462 e. The number of hydrogen-bond acceptors (Lipinski definition) is 6. The topological polar surface area (TPSA) is 78.9 Å². The molecule has 0 bridgehead atoms. The van der Waals surface area contributed by atoms with Crippen LogP contribution in [0, 0.1) is 0 Å². The lowest BCUT2D eigenvalue weighted by Gasteiger charge is -2.18. The third kappa shape index (κ3) is 48.8. The van der Waals surface area contributed by atoms with E-state index in [1.165, 1.54) is 57.8 Å². The van der Waals surface area contributed by atoms with Gasteiger partial charge >= 0.3 is 17.9 Å². The standard InChI is InChI=1S/C58H92O6/c1-4-7-10-13-16-19-22-25-27-28-29-31-33-36-39-42-45-48-51-57(60)63-54-55(53-62-56(59)50-47-44-41-38-35-32-24-21-18-15-12-9-6-3)64-58(61)52-49-46-43-40-37-34-30-26-23-20-17-14-11-8-5-2/h8,11,14,16-17,19-20,22-23,25-32,35,41,44,55H,4-7,9-10,12-13,15,18,21,24,33-34,36-40,42-43,45-54H2,1-3H3/b11-8-,17-14-,19-16-,23-20-,25-22-,28-27-,30-26-,31-29-,35-32-,44-41-. The molecule has 0 heterocycles. The van der Waals surface area contributed by atoms with E-state index in [4.69, 9.17) is 14.2 Å². The van der Waals surface area contributed by atoms with Crippen LogP contribution in [0.5, 0.6) is 0 Å². The monoisotopic (exact) mass is 885 g/mol. The Hall–Kier alpha value is -4.19. The molecule has 0 spiro atoms. The van der Waals surface area contributed by atoms with Crippen LogP contribution in [-0.4, -0.2) is 37.2 Å². The number of esters is 3. The smallest absolute Gasteiger partial charge is 0.306 e. The first kappa shape index (κ1) is 59.8. The van der Waals surface area contributed by atoms with Crippen molar-refractivity contribution in [3.8, 4) is 0 Å². The number of rotatable bonds is 44. The van der Waals surface area contributed by atoms with Crippen LogP contribution in [0.1, 0.15) is 207 Å². The van der Waals surface area contributed by atoms with Crippen molar-refractivity contribution in [1.82, 2.24) is 0 Å². The van der Waals surface area contributed by atoms with E-state index in [1.807, 2.05) is 30.4 Å². The minimum Gasteiger partial charge on any atom is -0.462 e. The molecule has 0 amide bonds. The Bertz CT molecular complexity index is 1390. The second-order valence-electron chi connectivity index (χ2n) is 16.5. The lowest BCUT2D eigenvalue weighted by atomic mass is 10.1. The van der Waals surface area contributed by atoms with E-state index in [0.29, 0.717) is 12.8 Å². The third-order valence-electron chi connectivity index (χ3n) is 10.4. The third-order valence-corrected chi connectivity index (χ3v) is 10.4. The normalized spacial score (nSPS) is 13.1. The summed E-state index contributed by atoms with van der Waals surface area (Å²) >= 11 is 0. The maximum atomic E-state index is 12.8. The van der Waals surface area contributed by atoms with Crippen molar-refractivity contribution in [2.24, 2.45) is 0 Å². The zero-order valence-corrected chi connectivity index (χ0v) is 41.0. The molecule has 0 saturated carbocycles. The van der Waals surface area contributed by atoms with E-state index in [0.717, 1.165) is 103 Å². The Morgan fingerprint density at radius 2 is 0.703 bits per heavy atom. The molecule has 64 heavy (non-hydrogen) atoms. The highest BCUT2D eigenvalue weighted by Crippen LogP contribution is 2.12. The number of unbranched alkanes of at least 4 members (excludes halogenated alkanes) is 19. The molecule has 0 fully saturated rings. The van der Waals surface area contributed by atoms with Crippen molar-refractivity contribution < 1.29 is 28.6 Å². The summed E-state index contributed by atoms with van der Waals surface area (Å²) in [6, 6.07) is 0. The number of allylic oxidation sites excluding steroid dienone is 20. The maximum Gasteiger partial charge on any atom is 0.306 e. The average molecular weight is 885 g/mol. The van der Waals surface area contributed by atoms with Crippen LogP contribution >= 0.6 is 0 Å². The molecular weight excluding hydrogens is 793 g/mol. The van der Waals surface area contributed by atoms with Gasteiger partial charge < -0.3 is 14.2 Å². The highest BCUT2D eigenvalue weighted by atomic mass is 16.6. The quantitative estimate of drug-likeness (QED) is 0.0199. The van der Waals surface area contributed by atoms with Crippen molar-refractivity contribution >= 4 is 17.9 Å². The molecule has 6 nitrogen and oxygen atoms in total. The van der Waals surface area contributed by atoms with E-state index < -0.39 is 6.10 Å². The van der Waals surface area contributed by atoms with Crippen LogP contribution < -0.4 is 0 Å². The lowest BCUT2D eigenvalue weighted by molar-refractivity contribution is -0.166. The van der Waals surface area contributed by atoms with Gasteiger partial charge in [0.25, 0.3) is 0 Å². The SMILES string of the molecule is CC\C=C/C=C\C=C/C=C\CCCCCCCC(=O)OC(COC(=O)CC/C=C\C/C=C\CCCCCCCC)COC(=O)CCCCCCC\C=C/C=C\C=C/C=C\CCCCC. The van der Waals surface area contributed by atoms with Gasteiger partial charge in [-0.05, 0) is 83.5 Å². The molecule has 360 valence electrons. The summed E-state index contributed by atoms with van der Waals surface area (Å²) in [5, 5.41) is 0. The van der Waals surface area contributed by atoms with E-state index in [2.05, 4.69) is 112 Å². The van der Waals surface area contributed by atoms with Gasteiger partial charge in [-0.3, -0.25) is 14.4 Å². The van der Waals surface area contributed by atoms with Crippen LogP contribution in [0.15, 0.2) is 122 Å². The summed E-state index contributed by atoms with van der Waals surface area (Å²) < 4.78 is 16.7. The molecular formula is C58H92O6. The second kappa shape index (κ2) is 51.4. The van der Waals surface area contributed by atoms with Crippen molar-refractivity contribution in [3.05, 3.63) is 122 Å². The lowest BCUT2D eigenvalue weighted by Crippen LogP contribution is -2.30. The summed E-state index contributed by atoms with van der Waals surface area (Å²) in [6.45, 7) is 6.34. The number of carbonyl (C=O) groups excluding carboxylic acids is 3. The van der Waals surface area contributed by atoms with Gasteiger partial charge in [-0.15, -0.1) is 0 Å². The zero-order valence-electron chi connectivity index (χ0n) is 41.0. The predicted octanol–water partition coefficient (Wildman–Crippen LogP) is 16.9. The van der Waals surface area contributed by atoms with Gasteiger partial charge in [-0.25, -0.2) is 0 Å². The first-order valence-corrected chi connectivity index (χ1v) is 25.6. The summed E-state index contributed by atoms with van der Waals surface area (Å²) in [4.78, 5) is 37.9.